The van der Waals surface area contributed by atoms with Gasteiger partial charge in [-0.25, -0.2) is 4.79 Å². The first-order valence-electron chi connectivity index (χ1n) is 8.13. The number of anilines is 1. The van der Waals surface area contributed by atoms with Crippen LogP contribution in [0.4, 0.5) is 5.69 Å². The SMILES string of the molecule is Cc1cc(NC(=O)c2c(C)cc(C3CCC3)oc2=O)cc(C)c1O. The summed E-state index contributed by atoms with van der Waals surface area (Å²) in [5, 5.41) is 12.5. The molecule has 24 heavy (non-hydrogen) atoms. The molecule has 1 amide bonds. The number of rotatable bonds is 3. The summed E-state index contributed by atoms with van der Waals surface area (Å²) in [5.74, 6) is 0.687. The maximum atomic E-state index is 12.5. The number of aromatic hydroxyl groups is 1. The molecule has 1 aromatic heterocycles. The normalized spacial score (nSPS) is 14.3. The van der Waals surface area contributed by atoms with Gasteiger partial charge in [0.15, 0.2) is 0 Å². The van der Waals surface area contributed by atoms with E-state index in [1.54, 1.807) is 39.0 Å². The zero-order valence-electron chi connectivity index (χ0n) is 14.1. The molecule has 0 unspecified atom stereocenters. The van der Waals surface area contributed by atoms with Crippen molar-refractivity contribution in [1.29, 1.82) is 0 Å². The van der Waals surface area contributed by atoms with Gasteiger partial charge in [0.1, 0.15) is 17.1 Å². The molecule has 1 aliphatic carbocycles. The van der Waals surface area contributed by atoms with E-state index in [-0.39, 0.29) is 11.3 Å². The summed E-state index contributed by atoms with van der Waals surface area (Å²) in [7, 11) is 0. The minimum absolute atomic E-state index is 0.0291. The van der Waals surface area contributed by atoms with Crippen LogP contribution < -0.4 is 10.9 Å². The molecule has 1 saturated carbocycles. The van der Waals surface area contributed by atoms with Gasteiger partial charge in [0.25, 0.3) is 5.91 Å². The number of amides is 1. The van der Waals surface area contributed by atoms with Crippen LogP contribution in [0, 0.1) is 20.8 Å². The fraction of sp³-hybridized carbons (Fsp3) is 0.368. The van der Waals surface area contributed by atoms with Crippen LogP contribution in [0.25, 0.3) is 0 Å². The standard InChI is InChI=1S/C19H21NO4/c1-10-9-15(13-5-4-6-13)24-19(23)16(10)18(22)20-14-7-11(2)17(21)12(3)8-14/h7-9,13,21H,4-6H2,1-3H3,(H,20,22). The topological polar surface area (TPSA) is 79.5 Å². The van der Waals surface area contributed by atoms with Crippen LogP contribution in [0.1, 0.15) is 58.0 Å². The first-order chi connectivity index (χ1) is 11.4. The Kier molecular flexibility index (Phi) is 4.18. The molecule has 1 aromatic carbocycles. The lowest BCUT2D eigenvalue weighted by Crippen LogP contribution is -2.24. The molecule has 2 N–H and O–H groups in total. The maximum absolute atomic E-state index is 12.5. The Morgan fingerprint density at radius 1 is 1.12 bits per heavy atom. The van der Waals surface area contributed by atoms with Gasteiger partial charge in [-0.15, -0.1) is 0 Å². The molecule has 2 aromatic rings. The van der Waals surface area contributed by atoms with E-state index in [1.807, 2.05) is 0 Å². The minimum Gasteiger partial charge on any atom is -0.507 e. The van der Waals surface area contributed by atoms with Crippen LogP contribution in [0.2, 0.25) is 0 Å². The Labute approximate surface area is 140 Å². The third-order valence-corrected chi connectivity index (χ3v) is 4.65. The van der Waals surface area contributed by atoms with Crippen LogP contribution in [0.5, 0.6) is 5.75 Å². The van der Waals surface area contributed by atoms with E-state index in [0.717, 1.165) is 19.3 Å². The smallest absolute Gasteiger partial charge is 0.349 e. The monoisotopic (exact) mass is 327 g/mol. The Bertz CT molecular complexity index is 839. The average molecular weight is 327 g/mol. The first kappa shape index (κ1) is 16.3. The molecule has 126 valence electrons. The van der Waals surface area contributed by atoms with Crippen molar-refractivity contribution in [3.8, 4) is 5.75 Å². The second-order valence-corrected chi connectivity index (χ2v) is 6.53. The minimum atomic E-state index is -0.596. The number of nitrogens with one attached hydrogen (secondary N) is 1. The van der Waals surface area contributed by atoms with Crippen molar-refractivity contribution in [2.75, 3.05) is 5.32 Å². The predicted molar refractivity (Wildman–Crippen MR) is 91.8 cm³/mol. The Morgan fingerprint density at radius 3 is 2.25 bits per heavy atom. The van der Waals surface area contributed by atoms with Crippen LogP contribution in [-0.2, 0) is 0 Å². The summed E-state index contributed by atoms with van der Waals surface area (Å²) in [5.41, 5.74) is 1.92. The molecule has 1 heterocycles. The number of aryl methyl sites for hydroxylation is 3. The predicted octanol–water partition coefficient (Wildman–Crippen LogP) is 3.79. The van der Waals surface area contributed by atoms with Gasteiger partial charge >= 0.3 is 5.63 Å². The van der Waals surface area contributed by atoms with Gasteiger partial charge in [0, 0.05) is 11.6 Å². The Morgan fingerprint density at radius 2 is 1.75 bits per heavy atom. The molecule has 0 saturated heterocycles. The largest absolute Gasteiger partial charge is 0.507 e. The van der Waals surface area contributed by atoms with Crippen LogP contribution in [0.15, 0.2) is 27.4 Å². The molecule has 0 aliphatic heterocycles. The third kappa shape index (κ3) is 2.94. The quantitative estimate of drug-likeness (QED) is 0.841. The fourth-order valence-corrected chi connectivity index (χ4v) is 3.02. The van der Waals surface area contributed by atoms with Crippen molar-refractivity contribution >= 4 is 11.6 Å². The van der Waals surface area contributed by atoms with Crippen LogP contribution in [0.3, 0.4) is 0 Å². The molecule has 0 atom stereocenters. The van der Waals surface area contributed by atoms with Gasteiger partial charge in [-0.3, -0.25) is 4.79 Å². The number of hydrogen-bond acceptors (Lipinski definition) is 4. The van der Waals surface area contributed by atoms with Crippen molar-refractivity contribution in [1.82, 2.24) is 0 Å². The number of phenols is 1. The first-order valence-corrected chi connectivity index (χ1v) is 8.13. The molecular formula is C19H21NO4. The Hall–Kier alpha value is -2.56. The van der Waals surface area contributed by atoms with Crippen molar-refractivity contribution in [3.63, 3.8) is 0 Å². The molecule has 1 aliphatic rings. The van der Waals surface area contributed by atoms with E-state index >= 15 is 0 Å². The number of carbonyl (C=O) groups is 1. The van der Waals surface area contributed by atoms with Crippen molar-refractivity contribution in [3.05, 3.63) is 56.6 Å². The van der Waals surface area contributed by atoms with Crippen LogP contribution >= 0.6 is 0 Å². The zero-order valence-corrected chi connectivity index (χ0v) is 14.1. The number of phenolic OH excluding ortho intramolecular Hbond substituents is 1. The van der Waals surface area contributed by atoms with E-state index in [9.17, 15) is 14.7 Å². The number of hydrogen-bond donors (Lipinski definition) is 2. The van der Waals surface area contributed by atoms with E-state index in [1.165, 1.54) is 0 Å². The highest BCUT2D eigenvalue weighted by atomic mass is 16.4. The van der Waals surface area contributed by atoms with Gasteiger partial charge in [0.05, 0.1) is 0 Å². The van der Waals surface area contributed by atoms with E-state index in [0.29, 0.717) is 34.1 Å². The second-order valence-electron chi connectivity index (χ2n) is 6.53. The summed E-state index contributed by atoms with van der Waals surface area (Å²) in [6.45, 7) is 5.26. The molecule has 5 heteroatoms. The lowest BCUT2D eigenvalue weighted by atomic mass is 9.83. The molecule has 0 radical (unpaired) electrons. The van der Waals surface area contributed by atoms with Gasteiger partial charge in [-0.1, -0.05) is 6.42 Å². The highest BCUT2D eigenvalue weighted by molar-refractivity contribution is 6.05. The molecule has 0 spiro atoms. The molecular weight excluding hydrogens is 306 g/mol. The highest BCUT2D eigenvalue weighted by Gasteiger charge is 2.25. The summed E-state index contributed by atoms with van der Waals surface area (Å²) in [6.07, 6.45) is 3.20. The summed E-state index contributed by atoms with van der Waals surface area (Å²) >= 11 is 0. The van der Waals surface area contributed by atoms with Crippen LogP contribution in [-0.4, -0.2) is 11.0 Å². The number of carbonyl (C=O) groups excluding carboxylic acids is 1. The lowest BCUT2D eigenvalue weighted by Gasteiger charge is -2.24. The van der Waals surface area contributed by atoms with E-state index in [4.69, 9.17) is 4.42 Å². The highest BCUT2D eigenvalue weighted by Crippen LogP contribution is 2.36. The molecule has 3 rings (SSSR count). The molecule has 0 bridgehead atoms. The summed E-state index contributed by atoms with van der Waals surface area (Å²) < 4.78 is 5.36. The third-order valence-electron chi connectivity index (χ3n) is 4.65. The van der Waals surface area contributed by atoms with Gasteiger partial charge < -0.3 is 14.8 Å². The zero-order chi connectivity index (χ0) is 17.4. The summed E-state index contributed by atoms with van der Waals surface area (Å²) in [6, 6.07) is 5.13. The van der Waals surface area contributed by atoms with E-state index < -0.39 is 11.5 Å². The van der Waals surface area contributed by atoms with Crippen molar-refractivity contribution in [2.24, 2.45) is 0 Å². The number of benzene rings is 1. The lowest BCUT2D eigenvalue weighted by molar-refractivity contribution is 0.102. The molecule has 5 nitrogen and oxygen atoms in total. The van der Waals surface area contributed by atoms with Gasteiger partial charge in [-0.05, 0) is 68.5 Å². The Balaban J connectivity index is 1.89. The van der Waals surface area contributed by atoms with Gasteiger partial charge in [0.2, 0.25) is 0 Å². The van der Waals surface area contributed by atoms with Crippen molar-refractivity contribution < 1.29 is 14.3 Å². The second kappa shape index (κ2) is 6.15. The summed E-state index contributed by atoms with van der Waals surface area (Å²) in [4.78, 5) is 24.8. The molecule has 1 fully saturated rings. The average Bonchev–Trinajstić information content (AvgIpc) is 2.42. The fourth-order valence-electron chi connectivity index (χ4n) is 3.02. The van der Waals surface area contributed by atoms with E-state index in [2.05, 4.69) is 5.32 Å². The maximum Gasteiger partial charge on any atom is 0.349 e. The van der Waals surface area contributed by atoms with Gasteiger partial charge in [-0.2, -0.15) is 0 Å². The van der Waals surface area contributed by atoms with Crippen molar-refractivity contribution in [2.45, 2.75) is 46.0 Å².